The topological polar surface area (TPSA) is 29.1 Å². The molecule has 1 rings (SSSR count). The Bertz CT molecular complexity index is 194. The fourth-order valence-electron chi connectivity index (χ4n) is 1.60. The van der Waals surface area contributed by atoms with Gasteiger partial charge >= 0.3 is 0 Å². The van der Waals surface area contributed by atoms with Crippen molar-refractivity contribution in [1.82, 2.24) is 5.32 Å². The number of alkyl halides is 2. The van der Waals surface area contributed by atoms with E-state index in [0.717, 1.165) is 6.42 Å². The number of halogens is 2. The first-order valence-corrected chi connectivity index (χ1v) is 4.71. The molecule has 0 aromatic carbocycles. The first-order chi connectivity index (χ1) is 6.03. The minimum atomic E-state index is -2.57. The lowest BCUT2D eigenvalue weighted by Gasteiger charge is -2.12. The van der Waals surface area contributed by atoms with Gasteiger partial charge in [0.05, 0.1) is 0 Å². The van der Waals surface area contributed by atoms with Crippen molar-refractivity contribution in [3.63, 3.8) is 0 Å². The maximum absolute atomic E-state index is 12.7. The minimum absolute atomic E-state index is 0.0932. The summed E-state index contributed by atoms with van der Waals surface area (Å²) in [5.41, 5.74) is 0. The van der Waals surface area contributed by atoms with Crippen LogP contribution in [0.5, 0.6) is 0 Å². The summed E-state index contributed by atoms with van der Waals surface area (Å²) >= 11 is 0. The van der Waals surface area contributed by atoms with Crippen LogP contribution in [0.15, 0.2) is 0 Å². The van der Waals surface area contributed by atoms with Gasteiger partial charge in [0.25, 0.3) is 0 Å². The predicted molar refractivity (Wildman–Crippen MR) is 45.6 cm³/mol. The molecule has 1 unspecified atom stereocenters. The lowest BCUT2D eigenvalue weighted by Crippen LogP contribution is -2.33. The Labute approximate surface area is 76.7 Å². The Hall–Kier alpha value is -0.670. The molecule has 1 amide bonds. The molecule has 1 aliphatic rings. The highest BCUT2D eigenvalue weighted by atomic mass is 19.3. The fraction of sp³-hybridized carbons (Fsp3) is 0.889. The number of nitrogens with one attached hydrogen (secondary N) is 1. The molecular weight excluding hydrogens is 176 g/mol. The van der Waals surface area contributed by atoms with Crippen LogP contribution in [0.2, 0.25) is 0 Å². The van der Waals surface area contributed by atoms with Crippen molar-refractivity contribution in [3.05, 3.63) is 0 Å². The summed E-state index contributed by atoms with van der Waals surface area (Å²) in [5, 5.41) is 2.62. The lowest BCUT2D eigenvalue weighted by atomic mass is 10.2. The molecular formula is C9H15F2NO. The molecule has 0 aromatic rings. The summed E-state index contributed by atoms with van der Waals surface area (Å²) in [7, 11) is 0. The molecule has 1 aliphatic carbocycles. The van der Waals surface area contributed by atoms with Crippen molar-refractivity contribution >= 4 is 5.91 Å². The van der Waals surface area contributed by atoms with E-state index in [-0.39, 0.29) is 24.8 Å². The van der Waals surface area contributed by atoms with Crippen molar-refractivity contribution in [2.45, 2.75) is 51.0 Å². The third kappa shape index (κ3) is 3.28. The molecule has 0 bridgehead atoms. The molecule has 0 aliphatic heterocycles. The molecule has 1 N–H and O–H groups in total. The van der Waals surface area contributed by atoms with Gasteiger partial charge in [-0.25, -0.2) is 8.78 Å². The van der Waals surface area contributed by atoms with E-state index in [2.05, 4.69) is 5.32 Å². The lowest BCUT2D eigenvalue weighted by molar-refractivity contribution is -0.121. The summed E-state index contributed by atoms with van der Waals surface area (Å²) in [6.45, 7) is 1.89. The van der Waals surface area contributed by atoms with Crippen LogP contribution in [-0.2, 0) is 4.79 Å². The Kier molecular flexibility index (Phi) is 3.22. The highest BCUT2D eigenvalue weighted by Gasteiger charge is 2.39. The van der Waals surface area contributed by atoms with Crippen LogP contribution in [0, 0.1) is 0 Å². The van der Waals surface area contributed by atoms with Crippen LogP contribution in [0.3, 0.4) is 0 Å². The van der Waals surface area contributed by atoms with E-state index in [4.69, 9.17) is 0 Å². The minimum Gasteiger partial charge on any atom is -0.353 e. The zero-order valence-corrected chi connectivity index (χ0v) is 7.78. The van der Waals surface area contributed by atoms with E-state index in [0.29, 0.717) is 12.8 Å². The molecule has 1 saturated carbocycles. The quantitative estimate of drug-likeness (QED) is 0.727. The van der Waals surface area contributed by atoms with Crippen molar-refractivity contribution in [2.75, 3.05) is 0 Å². The maximum atomic E-state index is 12.7. The number of hydrogen-bond acceptors (Lipinski definition) is 1. The highest BCUT2D eigenvalue weighted by Crippen LogP contribution is 2.34. The summed E-state index contributed by atoms with van der Waals surface area (Å²) in [6, 6.07) is -0.311. The average Bonchev–Trinajstić information content (AvgIpc) is 2.30. The van der Waals surface area contributed by atoms with Gasteiger partial charge in [-0.15, -0.1) is 0 Å². The Morgan fingerprint density at radius 3 is 2.77 bits per heavy atom. The van der Waals surface area contributed by atoms with Crippen molar-refractivity contribution in [2.24, 2.45) is 0 Å². The first kappa shape index (κ1) is 10.4. The van der Waals surface area contributed by atoms with Crippen molar-refractivity contribution < 1.29 is 13.6 Å². The van der Waals surface area contributed by atoms with Crippen LogP contribution < -0.4 is 5.32 Å². The van der Waals surface area contributed by atoms with Gasteiger partial charge in [0, 0.05) is 25.3 Å². The molecule has 76 valence electrons. The average molecular weight is 191 g/mol. The molecule has 13 heavy (non-hydrogen) atoms. The Balaban J connectivity index is 2.28. The van der Waals surface area contributed by atoms with E-state index < -0.39 is 5.92 Å². The molecule has 0 saturated heterocycles. The third-order valence-electron chi connectivity index (χ3n) is 2.25. The van der Waals surface area contributed by atoms with Crippen LogP contribution in [-0.4, -0.2) is 17.9 Å². The first-order valence-electron chi connectivity index (χ1n) is 4.71. The van der Waals surface area contributed by atoms with E-state index >= 15 is 0 Å². The largest absolute Gasteiger partial charge is 0.353 e. The summed E-state index contributed by atoms with van der Waals surface area (Å²) in [6.07, 6.45) is 1.31. The van der Waals surface area contributed by atoms with Gasteiger partial charge in [0.2, 0.25) is 11.8 Å². The standard InChI is InChI=1S/C9H15F2NO/c1-2-3-8(13)12-7-4-5-9(10,11)6-7/h7H,2-6H2,1H3,(H,12,13). The Morgan fingerprint density at radius 1 is 1.62 bits per heavy atom. The van der Waals surface area contributed by atoms with Crippen molar-refractivity contribution in [1.29, 1.82) is 0 Å². The molecule has 1 fully saturated rings. The van der Waals surface area contributed by atoms with Crippen LogP contribution >= 0.6 is 0 Å². The number of rotatable bonds is 3. The number of amides is 1. The fourth-order valence-corrected chi connectivity index (χ4v) is 1.60. The zero-order valence-electron chi connectivity index (χ0n) is 7.78. The second kappa shape index (κ2) is 4.03. The molecule has 0 heterocycles. The SMILES string of the molecule is CCCC(=O)NC1CCC(F)(F)C1. The van der Waals surface area contributed by atoms with Crippen molar-refractivity contribution in [3.8, 4) is 0 Å². The van der Waals surface area contributed by atoms with Gasteiger partial charge < -0.3 is 5.32 Å². The normalized spacial score (nSPS) is 25.9. The molecule has 0 spiro atoms. The number of carbonyl (C=O) groups excluding carboxylic acids is 1. The van der Waals surface area contributed by atoms with E-state index in [1.54, 1.807) is 0 Å². The summed E-state index contributed by atoms with van der Waals surface area (Å²) in [4.78, 5) is 11.1. The molecule has 4 heteroatoms. The van der Waals surface area contributed by atoms with Gasteiger partial charge in [-0.3, -0.25) is 4.79 Å². The van der Waals surface area contributed by atoms with E-state index in [1.807, 2.05) is 6.92 Å². The predicted octanol–water partition coefficient (Wildman–Crippen LogP) is 2.09. The van der Waals surface area contributed by atoms with Gasteiger partial charge in [-0.2, -0.15) is 0 Å². The van der Waals surface area contributed by atoms with E-state index in [1.165, 1.54) is 0 Å². The van der Waals surface area contributed by atoms with Gasteiger partial charge in [-0.1, -0.05) is 6.92 Å². The number of carbonyl (C=O) groups is 1. The maximum Gasteiger partial charge on any atom is 0.250 e. The summed E-state index contributed by atoms with van der Waals surface area (Å²) < 4.78 is 25.4. The van der Waals surface area contributed by atoms with Crippen LogP contribution in [0.1, 0.15) is 39.0 Å². The molecule has 0 aromatic heterocycles. The zero-order chi connectivity index (χ0) is 9.90. The monoisotopic (exact) mass is 191 g/mol. The van der Waals surface area contributed by atoms with Crippen LogP contribution in [0.4, 0.5) is 8.78 Å². The summed E-state index contributed by atoms with van der Waals surface area (Å²) in [5.74, 6) is -2.67. The molecule has 2 nitrogen and oxygen atoms in total. The van der Waals surface area contributed by atoms with Crippen LogP contribution in [0.25, 0.3) is 0 Å². The third-order valence-corrected chi connectivity index (χ3v) is 2.25. The second-order valence-corrected chi connectivity index (χ2v) is 3.61. The Morgan fingerprint density at radius 2 is 2.31 bits per heavy atom. The smallest absolute Gasteiger partial charge is 0.250 e. The van der Waals surface area contributed by atoms with Gasteiger partial charge in [-0.05, 0) is 12.8 Å². The molecule has 1 atom stereocenters. The highest BCUT2D eigenvalue weighted by molar-refractivity contribution is 5.76. The van der Waals surface area contributed by atoms with E-state index in [9.17, 15) is 13.6 Å². The molecule has 0 radical (unpaired) electrons. The van der Waals surface area contributed by atoms with Gasteiger partial charge in [0.15, 0.2) is 0 Å². The second-order valence-electron chi connectivity index (χ2n) is 3.61. The number of hydrogen-bond donors (Lipinski definition) is 1. The van der Waals surface area contributed by atoms with Gasteiger partial charge in [0.1, 0.15) is 0 Å².